The maximum atomic E-state index is 11.7. The summed E-state index contributed by atoms with van der Waals surface area (Å²) in [5.74, 6) is 0. The Morgan fingerprint density at radius 1 is 0.895 bits per heavy atom. The lowest BCUT2D eigenvalue weighted by Crippen LogP contribution is -2.14. The molecule has 0 amide bonds. The molecular formula is C15H17NO2S. The van der Waals surface area contributed by atoms with Gasteiger partial charge in [0.2, 0.25) is 10.0 Å². The van der Waals surface area contributed by atoms with Crippen molar-refractivity contribution in [3.63, 3.8) is 0 Å². The molecule has 2 aromatic rings. The van der Waals surface area contributed by atoms with E-state index in [1.807, 2.05) is 45.0 Å². The van der Waals surface area contributed by atoms with Crippen LogP contribution in [-0.4, -0.2) is 8.42 Å². The lowest BCUT2D eigenvalue weighted by Gasteiger charge is -2.14. The summed E-state index contributed by atoms with van der Waals surface area (Å²) in [5.41, 5.74) is 4.68. The van der Waals surface area contributed by atoms with Gasteiger partial charge in [0.15, 0.2) is 0 Å². The summed E-state index contributed by atoms with van der Waals surface area (Å²) in [4.78, 5) is 0.180. The number of hydrogen-bond acceptors (Lipinski definition) is 2. The maximum Gasteiger partial charge on any atom is 0.238 e. The second-order valence-electron chi connectivity index (χ2n) is 4.79. The zero-order valence-corrected chi connectivity index (χ0v) is 12.1. The molecule has 0 spiro atoms. The smallest absolute Gasteiger partial charge is 0.225 e. The highest BCUT2D eigenvalue weighted by atomic mass is 32.2. The van der Waals surface area contributed by atoms with Crippen LogP contribution in [0.4, 0.5) is 0 Å². The normalized spacial score (nSPS) is 11.6. The van der Waals surface area contributed by atoms with E-state index in [0.717, 1.165) is 22.3 Å². The van der Waals surface area contributed by atoms with Gasteiger partial charge in [-0.3, -0.25) is 0 Å². The van der Waals surface area contributed by atoms with Crippen LogP contribution in [0.5, 0.6) is 0 Å². The van der Waals surface area contributed by atoms with Gasteiger partial charge >= 0.3 is 0 Å². The molecule has 2 rings (SSSR count). The molecule has 0 fully saturated rings. The van der Waals surface area contributed by atoms with Crippen LogP contribution in [0.3, 0.4) is 0 Å². The van der Waals surface area contributed by atoms with Crippen LogP contribution in [-0.2, 0) is 10.0 Å². The van der Waals surface area contributed by atoms with Crippen LogP contribution in [0.1, 0.15) is 16.7 Å². The predicted octanol–water partition coefficient (Wildman–Crippen LogP) is 2.93. The fourth-order valence-corrected chi connectivity index (χ4v) is 2.92. The average molecular weight is 275 g/mol. The average Bonchev–Trinajstić information content (AvgIpc) is 2.32. The summed E-state index contributed by atoms with van der Waals surface area (Å²) < 4.78 is 23.5. The van der Waals surface area contributed by atoms with E-state index in [1.165, 1.54) is 0 Å². The van der Waals surface area contributed by atoms with Crippen molar-refractivity contribution >= 4 is 10.0 Å². The summed E-state index contributed by atoms with van der Waals surface area (Å²) in [6.07, 6.45) is 0. The summed E-state index contributed by atoms with van der Waals surface area (Å²) in [6, 6.07) is 11.1. The molecule has 0 radical (unpaired) electrons. The van der Waals surface area contributed by atoms with Crippen molar-refractivity contribution in [3.8, 4) is 11.1 Å². The van der Waals surface area contributed by atoms with E-state index in [4.69, 9.17) is 5.14 Å². The highest BCUT2D eigenvalue weighted by Crippen LogP contribution is 2.32. The number of sulfonamides is 1. The quantitative estimate of drug-likeness (QED) is 0.916. The molecule has 4 heteroatoms. The fraction of sp³-hybridized carbons (Fsp3) is 0.200. The molecule has 0 atom stereocenters. The van der Waals surface area contributed by atoms with E-state index in [2.05, 4.69) is 0 Å². The van der Waals surface area contributed by atoms with Crippen molar-refractivity contribution in [1.82, 2.24) is 0 Å². The molecule has 0 aromatic heterocycles. The molecule has 0 aliphatic carbocycles. The molecule has 0 aliphatic rings. The van der Waals surface area contributed by atoms with Gasteiger partial charge in [-0.05, 0) is 43.5 Å². The summed E-state index contributed by atoms with van der Waals surface area (Å²) >= 11 is 0. The highest BCUT2D eigenvalue weighted by Gasteiger charge is 2.18. The minimum absolute atomic E-state index is 0.180. The third-order valence-corrected chi connectivity index (χ3v) is 4.30. The zero-order valence-electron chi connectivity index (χ0n) is 11.3. The predicted molar refractivity (Wildman–Crippen MR) is 77.5 cm³/mol. The first-order valence-corrected chi connectivity index (χ1v) is 7.55. The Balaban J connectivity index is 2.80. The maximum absolute atomic E-state index is 11.7. The van der Waals surface area contributed by atoms with E-state index in [-0.39, 0.29) is 4.90 Å². The SMILES string of the molecule is Cc1ccc(-c2c(S(N)(=O)=O)ccc(C)c2C)cc1. The number of aryl methyl sites for hydroxylation is 2. The second-order valence-corrected chi connectivity index (χ2v) is 6.32. The molecule has 0 saturated heterocycles. The van der Waals surface area contributed by atoms with Gasteiger partial charge in [-0.1, -0.05) is 35.9 Å². The van der Waals surface area contributed by atoms with Crippen LogP contribution >= 0.6 is 0 Å². The van der Waals surface area contributed by atoms with Gasteiger partial charge in [-0.15, -0.1) is 0 Å². The summed E-state index contributed by atoms with van der Waals surface area (Å²) in [6.45, 7) is 5.87. The molecule has 0 bridgehead atoms. The highest BCUT2D eigenvalue weighted by molar-refractivity contribution is 7.89. The Morgan fingerprint density at radius 3 is 2.00 bits per heavy atom. The first kappa shape index (κ1) is 13.8. The fourth-order valence-electron chi connectivity index (χ4n) is 2.11. The van der Waals surface area contributed by atoms with Crippen molar-refractivity contribution in [1.29, 1.82) is 0 Å². The first-order valence-electron chi connectivity index (χ1n) is 6.01. The van der Waals surface area contributed by atoms with Crippen molar-refractivity contribution in [2.24, 2.45) is 5.14 Å². The number of primary sulfonamides is 1. The molecular weight excluding hydrogens is 258 g/mol. The Bertz CT molecular complexity index is 717. The van der Waals surface area contributed by atoms with Gasteiger partial charge < -0.3 is 0 Å². The Morgan fingerprint density at radius 2 is 1.47 bits per heavy atom. The topological polar surface area (TPSA) is 60.2 Å². The molecule has 2 N–H and O–H groups in total. The van der Waals surface area contributed by atoms with Crippen molar-refractivity contribution in [2.75, 3.05) is 0 Å². The van der Waals surface area contributed by atoms with Crippen LogP contribution in [0, 0.1) is 20.8 Å². The van der Waals surface area contributed by atoms with Gasteiger partial charge in [0.05, 0.1) is 4.90 Å². The van der Waals surface area contributed by atoms with Crippen LogP contribution in [0.15, 0.2) is 41.3 Å². The number of benzene rings is 2. The van der Waals surface area contributed by atoms with E-state index < -0.39 is 10.0 Å². The van der Waals surface area contributed by atoms with Gasteiger partial charge in [0.1, 0.15) is 0 Å². The summed E-state index contributed by atoms with van der Waals surface area (Å²) in [5, 5.41) is 5.32. The largest absolute Gasteiger partial charge is 0.238 e. The van der Waals surface area contributed by atoms with Crippen molar-refractivity contribution in [2.45, 2.75) is 25.7 Å². The van der Waals surface area contributed by atoms with Crippen LogP contribution < -0.4 is 5.14 Å². The molecule has 0 aliphatic heterocycles. The molecule has 19 heavy (non-hydrogen) atoms. The van der Waals surface area contributed by atoms with Crippen molar-refractivity contribution < 1.29 is 8.42 Å². The molecule has 2 aromatic carbocycles. The molecule has 0 unspecified atom stereocenters. The standard InChI is InChI=1S/C15H17NO2S/c1-10-4-7-13(8-5-10)15-12(3)11(2)6-9-14(15)19(16,17)18/h4-9H,1-3H3,(H2,16,17,18). The lowest BCUT2D eigenvalue weighted by molar-refractivity contribution is 0.598. The number of hydrogen-bond donors (Lipinski definition) is 1. The molecule has 100 valence electrons. The third kappa shape index (κ3) is 2.69. The second kappa shape index (κ2) is 4.79. The molecule has 3 nitrogen and oxygen atoms in total. The first-order chi connectivity index (χ1) is 8.80. The Hall–Kier alpha value is -1.65. The minimum Gasteiger partial charge on any atom is -0.225 e. The Labute approximate surface area is 114 Å². The van der Waals surface area contributed by atoms with Gasteiger partial charge in [-0.25, -0.2) is 13.6 Å². The summed E-state index contributed by atoms with van der Waals surface area (Å²) in [7, 11) is -3.73. The van der Waals surface area contributed by atoms with Crippen LogP contribution in [0.2, 0.25) is 0 Å². The van der Waals surface area contributed by atoms with E-state index in [9.17, 15) is 8.42 Å². The van der Waals surface area contributed by atoms with Crippen LogP contribution in [0.25, 0.3) is 11.1 Å². The molecule has 0 saturated carbocycles. The van der Waals surface area contributed by atoms with Gasteiger partial charge in [-0.2, -0.15) is 0 Å². The Kier molecular flexibility index (Phi) is 3.47. The van der Waals surface area contributed by atoms with E-state index >= 15 is 0 Å². The van der Waals surface area contributed by atoms with Crippen molar-refractivity contribution in [3.05, 3.63) is 53.1 Å². The minimum atomic E-state index is -3.73. The van der Waals surface area contributed by atoms with E-state index in [1.54, 1.807) is 12.1 Å². The third-order valence-electron chi connectivity index (χ3n) is 3.34. The monoisotopic (exact) mass is 275 g/mol. The van der Waals surface area contributed by atoms with Gasteiger partial charge in [0.25, 0.3) is 0 Å². The van der Waals surface area contributed by atoms with E-state index in [0.29, 0.717) is 5.56 Å². The number of rotatable bonds is 2. The molecule has 0 heterocycles. The zero-order chi connectivity index (χ0) is 14.2. The van der Waals surface area contributed by atoms with Gasteiger partial charge in [0, 0.05) is 5.56 Å². The number of nitrogens with two attached hydrogens (primary N) is 1. The lowest BCUT2D eigenvalue weighted by atomic mass is 9.96.